The van der Waals surface area contributed by atoms with Crippen LogP contribution in [0.4, 0.5) is 0 Å². The molecule has 0 aromatic rings. The fourth-order valence-corrected chi connectivity index (χ4v) is 1.92. The van der Waals surface area contributed by atoms with E-state index in [2.05, 4.69) is 32.9 Å². The van der Waals surface area contributed by atoms with Crippen molar-refractivity contribution in [3.05, 3.63) is 12.2 Å². The Kier molecular flexibility index (Phi) is 2.62. The van der Waals surface area contributed by atoms with Crippen molar-refractivity contribution in [3.8, 4) is 0 Å². The highest BCUT2D eigenvalue weighted by Gasteiger charge is 2.57. The third-order valence-corrected chi connectivity index (χ3v) is 3.24. The molecule has 0 heterocycles. The summed E-state index contributed by atoms with van der Waals surface area (Å²) >= 11 is 0. The average molecular weight is 167 g/mol. The van der Waals surface area contributed by atoms with Gasteiger partial charge in [-0.3, -0.25) is 0 Å². The zero-order chi connectivity index (χ0) is 9.24. The number of rotatable bonds is 4. The maximum Gasteiger partial charge on any atom is 0.00611 e. The first-order valence-electron chi connectivity index (χ1n) is 4.96. The van der Waals surface area contributed by atoms with Gasteiger partial charge in [-0.05, 0) is 18.3 Å². The summed E-state index contributed by atoms with van der Waals surface area (Å²) in [6, 6.07) is 0. The van der Waals surface area contributed by atoms with Crippen molar-refractivity contribution in [1.82, 2.24) is 0 Å². The van der Waals surface area contributed by atoms with E-state index >= 15 is 0 Å². The molecule has 0 aromatic heterocycles. The Morgan fingerprint density at radius 2 is 2.00 bits per heavy atom. The minimum absolute atomic E-state index is 0.335. The van der Waals surface area contributed by atoms with Crippen LogP contribution in [0.2, 0.25) is 0 Å². The zero-order valence-electron chi connectivity index (χ0n) is 8.56. The first kappa shape index (κ1) is 9.79. The van der Waals surface area contributed by atoms with Crippen LogP contribution in [0.1, 0.15) is 40.0 Å². The van der Waals surface area contributed by atoms with Crippen LogP contribution in [-0.4, -0.2) is 6.54 Å². The van der Waals surface area contributed by atoms with E-state index in [0.29, 0.717) is 10.8 Å². The Bertz CT molecular complexity index is 181. The molecule has 0 radical (unpaired) electrons. The highest BCUT2D eigenvalue weighted by atomic mass is 14.7. The lowest BCUT2D eigenvalue weighted by Crippen LogP contribution is -2.18. The molecule has 1 atom stereocenters. The van der Waals surface area contributed by atoms with Crippen LogP contribution in [0.5, 0.6) is 0 Å². The highest BCUT2D eigenvalue weighted by molar-refractivity contribution is 5.20. The molecule has 0 aliphatic heterocycles. The van der Waals surface area contributed by atoms with Crippen LogP contribution >= 0.6 is 0 Å². The van der Waals surface area contributed by atoms with Gasteiger partial charge in [0.05, 0.1) is 0 Å². The summed E-state index contributed by atoms with van der Waals surface area (Å²) in [5.74, 6) is 0. The topological polar surface area (TPSA) is 26.0 Å². The zero-order valence-corrected chi connectivity index (χ0v) is 8.56. The molecule has 1 fully saturated rings. The predicted molar refractivity (Wildman–Crippen MR) is 53.9 cm³/mol. The summed E-state index contributed by atoms with van der Waals surface area (Å²) in [6.07, 6.45) is 8.32. The standard InChI is InChI=1S/C11H21N/c1-4-5-6-7-11(9-12)8-10(11,2)3/h6-7H,4-5,8-9,12H2,1-3H3/b7-6+. The lowest BCUT2D eigenvalue weighted by molar-refractivity contribution is 0.474. The molecule has 1 aliphatic rings. The van der Waals surface area contributed by atoms with Gasteiger partial charge in [0.25, 0.3) is 0 Å². The second-order valence-corrected chi connectivity index (χ2v) is 4.61. The van der Waals surface area contributed by atoms with E-state index in [-0.39, 0.29) is 0 Å². The van der Waals surface area contributed by atoms with E-state index in [1.165, 1.54) is 19.3 Å². The van der Waals surface area contributed by atoms with E-state index in [1.807, 2.05) is 0 Å². The summed E-state index contributed by atoms with van der Waals surface area (Å²) in [5.41, 5.74) is 6.56. The molecule has 0 bridgehead atoms. The molecule has 2 N–H and O–H groups in total. The van der Waals surface area contributed by atoms with E-state index in [1.54, 1.807) is 0 Å². The first-order valence-corrected chi connectivity index (χ1v) is 4.96. The molecule has 12 heavy (non-hydrogen) atoms. The Balaban J connectivity index is 2.50. The lowest BCUT2D eigenvalue weighted by Gasteiger charge is -2.12. The van der Waals surface area contributed by atoms with Gasteiger partial charge in [-0.2, -0.15) is 0 Å². The Hall–Kier alpha value is -0.300. The Morgan fingerprint density at radius 1 is 1.42 bits per heavy atom. The molecule has 0 aromatic carbocycles. The van der Waals surface area contributed by atoms with Crippen LogP contribution in [-0.2, 0) is 0 Å². The largest absolute Gasteiger partial charge is 0.330 e. The van der Waals surface area contributed by atoms with Crippen molar-refractivity contribution in [3.63, 3.8) is 0 Å². The monoisotopic (exact) mass is 167 g/mol. The molecule has 0 spiro atoms. The Labute approximate surface area is 76.0 Å². The number of unbranched alkanes of at least 4 members (excludes halogenated alkanes) is 1. The number of allylic oxidation sites excluding steroid dienone is 1. The molecule has 0 saturated heterocycles. The van der Waals surface area contributed by atoms with E-state index in [0.717, 1.165) is 6.54 Å². The maximum atomic E-state index is 5.78. The van der Waals surface area contributed by atoms with Crippen molar-refractivity contribution in [2.24, 2.45) is 16.6 Å². The summed E-state index contributed by atoms with van der Waals surface area (Å²) in [5, 5.41) is 0. The smallest absolute Gasteiger partial charge is 0.00611 e. The van der Waals surface area contributed by atoms with Gasteiger partial charge in [0.15, 0.2) is 0 Å². The van der Waals surface area contributed by atoms with Crippen molar-refractivity contribution >= 4 is 0 Å². The number of hydrogen-bond acceptors (Lipinski definition) is 1. The molecule has 1 nitrogen and oxygen atoms in total. The average Bonchev–Trinajstić information content (AvgIpc) is 2.55. The highest BCUT2D eigenvalue weighted by Crippen LogP contribution is 2.63. The van der Waals surface area contributed by atoms with E-state index < -0.39 is 0 Å². The molecule has 1 heteroatoms. The van der Waals surface area contributed by atoms with Crippen LogP contribution in [0.15, 0.2) is 12.2 Å². The van der Waals surface area contributed by atoms with Crippen LogP contribution in [0.25, 0.3) is 0 Å². The van der Waals surface area contributed by atoms with Gasteiger partial charge in [-0.25, -0.2) is 0 Å². The SMILES string of the molecule is CCC/C=C/C1(CN)CC1(C)C. The van der Waals surface area contributed by atoms with Crippen LogP contribution in [0, 0.1) is 10.8 Å². The van der Waals surface area contributed by atoms with E-state index in [9.17, 15) is 0 Å². The normalized spacial score (nSPS) is 32.7. The van der Waals surface area contributed by atoms with Gasteiger partial charge in [-0.1, -0.05) is 39.3 Å². The molecule has 0 amide bonds. The van der Waals surface area contributed by atoms with Gasteiger partial charge >= 0.3 is 0 Å². The first-order chi connectivity index (χ1) is 5.58. The summed E-state index contributed by atoms with van der Waals surface area (Å²) in [6.45, 7) is 7.62. The van der Waals surface area contributed by atoms with Gasteiger partial charge in [0, 0.05) is 12.0 Å². The quantitative estimate of drug-likeness (QED) is 0.640. The van der Waals surface area contributed by atoms with Crippen molar-refractivity contribution in [2.75, 3.05) is 6.54 Å². The van der Waals surface area contributed by atoms with Crippen molar-refractivity contribution in [1.29, 1.82) is 0 Å². The van der Waals surface area contributed by atoms with E-state index in [4.69, 9.17) is 5.73 Å². The van der Waals surface area contributed by atoms with Crippen molar-refractivity contribution in [2.45, 2.75) is 40.0 Å². The molecule has 1 rings (SSSR count). The van der Waals surface area contributed by atoms with Crippen LogP contribution in [0.3, 0.4) is 0 Å². The number of hydrogen-bond donors (Lipinski definition) is 1. The van der Waals surface area contributed by atoms with Gasteiger partial charge in [-0.15, -0.1) is 0 Å². The van der Waals surface area contributed by atoms with Crippen molar-refractivity contribution < 1.29 is 0 Å². The van der Waals surface area contributed by atoms with Crippen LogP contribution < -0.4 is 5.73 Å². The lowest BCUT2D eigenvalue weighted by atomic mass is 9.95. The summed E-state index contributed by atoms with van der Waals surface area (Å²) in [7, 11) is 0. The molecular weight excluding hydrogens is 146 g/mol. The van der Waals surface area contributed by atoms with Gasteiger partial charge < -0.3 is 5.73 Å². The van der Waals surface area contributed by atoms with Gasteiger partial charge in [0.1, 0.15) is 0 Å². The minimum Gasteiger partial charge on any atom is -0.330 e. The molecular formula is C11H21N. The number of nitrogens with two attached hydrogens (primary N) is 1. The second kappa shape index (κ2) is 3.21. The molecule has 1 aliphatic carbocycles. The summed E-state index contributed by atoms with van der Waals surface area (Å²) in [4.78, 5) is 0. The third kappa shape index (κ3) is 1.56. The fourth-order valence-electron chi connectivity index (χ4n) is 1.92. The Morgan fingerprint density at radius 3 is 2.33 bits per heavy atom. The predicted octanol–water partition coefficient (Wildman–Crippen LogP) is 2.72. The molecule has 70 valence electrons. The molecule has 1 unspecified atom stereocenters. The molecule has 1 saturated carbocycles. The second-order valence-electron chi connectivity index (χ2n) is 4.61. The maximum absolute atomic E-state index is 5.78. The van der Waals surface area contributed by atoms with Gasteiger partial charge in [0.2, 0.25) is 0 Å². The fraction of sp³-hybridized carbons (Fsp3) is 0.818. The summed E-state index contributed by atoms with van der Waals surface area (Å²) < 4.78 is 0. The third-order valence-electron chi connectivity index (χ3n) is 3.24. The minimum atomic E-state index is 0.335.